The van der Waals surface area contributed by atoms with Crippen molar-refractivity contribution in [2.24, 2.45) is 0 Å². The summed E-state index contributed by atoms with van der Waals surface area (Å²) in [5, 5.41) is 9.43. The van der Waals surface area contributed by atoms with Gasteiger partial charge in [0.1, 0.15) is 5.75 Å². The highest BCUT2D eigenvalue weighted by Crippen LogP contribution is 2.27. The topological polar surface area (TPSA) is 66.4 Å². The highest BCUT2D eigenvalue weighted by molar-refractivity contribution is 7.92. The van der Waals surface area contributed by atoms with Gasteiger partial charge in [0.25, 0.3) is 0 Å². The fourth-order valence-corrected chi connectivity index (χ4v) is 3.60. The molecule has 0 bridgehead atoms. The van der Waals surface area contributed by atoms with E-state index in [9.17, 15) is 13.5 Å². The van der Waals surface area contributed by atoms with Crippen LogP contribution in [-0.4, -0.2) is 19.3 Å². The minimum Gasteiger partial charge on any atom is -0.506 e. The minimum absolute atomic E-state index is 0.0322. The van der Waals surface area contributed by atoms with Gasteiger partial charge in [-0.3, -0.25) is 4.72 Å². The van der Waals surface area contributed by atoms with E-state index in [4.69, 9.17) is 11.6 Å². The standard InChI is InChI=1S/C15H16ClNO3S/c1-11(12-5-3-2-4-6-12)10-21(19,20)17-13-7-8-15(18)14(16)9-13/h2-9,11,17-18H,10H2,1H3. The molecular formula is C15H16ClNO3S. The van der Waals surface area contributed by atoms with Gasteiger partial charge in [-0.05, 0) is 29.7 Å². The molecule has 112 valence electrons. The molecule has 6 heteroatoms. The van der Waals surface area contributed by atoms with Crippen LogP contribution in [0, 0.1) is 0 Å². The molecule has 0 fully saturated rings. The number of benzene rings is 2. The summed E-state index contributed by atoms with van der Waals surface area (Å²) < 4.78 is 26.8. The number of sulfonamides is 1. The summed E-state index contributed by atoms with van der Waals surface area (Å²) in [6.07, 6.45) is 0. The first-order valence-corrected chi connectivity index (χ1v) is 8.44. The molecule has 0 aliphatic rings. The van der Waals surface area contributed by atoms with Crippen LogP contribution >= 0.6 is 11.6 Å². The lowest BCUT2D eigenvalue weighted by Crippen LogP contribution is -2.20. The van der Waals surface area contributed by atoms with Gasteiger partial charge in [0.05, 0.1) is 16.5 Å². The van der Waals surface area contributed by atoms with Crippen molar-refractivity contribution in [3.63, 3.8) is 0 Å². The van der Waals surface area contributed by atoms with Crippen molar-refractivity contribution in [3.8, 4) is 5.75 Å². The highest BCUT2D eigenvalue weighted by atomic mass is 35.5. The number of anilines is 1. The molecule has 0 saturated carbocycles. The SMILES string of the molecule is CC(CS(=O)(=O)Nc1ccc(O)c(Cl)c1)c1ccccc1. The molecular weight excluding hydrogens is 310 g/mol. The third-order valence-corrected chi connectivity index (χ3v) is 4.85. The second-order valence-corrected chi connectivity index (χ2v) is 7.04. The first-order chi connectivity index (χ1) is 9.87. The first kappa shape index (κ1) is 15.7. The molecule has 0 aliphatic heterocycles. The van der Waals surface area contributed by atoms with E-state index < -0.39 is 10.0 Å². The number of phenolic OH excluding ortho intramolecular Hbond substituents is 1. The van der Waals surface area contributed by atoms with E-state index >= 15 is 0 Å². The fourth-order valence-electron chi connectivity index (χ4n) is 2.00. The van der Waals surface area contributed by atoms with Gasteiger partial charge in [0.2, 0.25) is 10.0 Å². The average molecular weight is 326 g/mol. The summed E-state index contributed by atoms with van der Waals surface area (Å²) in [7, 11) is -3.50. The van der Waals surface area contributed by atoms with Crippen LogP contribution < -0.4 is 4.72 Å². The van der Waals surface area contributed by atoms with Crippen molar-refractivity contribution < 1.29 is 13.5 Å². The zero-order valence-electron chi connectivity index (χ0n) is 11.5. The summed E-state index contributed by atoms with van der Waals surface area (Å²) >= 11 is 5.76. The molecule has 2 aromatic rings. The Labute approximate surface area is 129 Å². The normalized spacial score (nSPS) is 12.9. The van der Waals surface area contributed by atoms with Crippen LogP contribution in [0.2, 0.25) is 5.02 Å². The quantitative estimate of drug-likeness (QED) is 0.825. The van der Waals surface area contributed by atoms with E-state index in [1.807, 2.05) is 37.3 Å². The summed E-state index contributed by atoms with van der Waals surface area (Å²) in [5.74, 6) is -0.247. The molecule has 0 amide bonds. The third-order valence-electron chi connectivity index (χ3n) is 3.06. The van der Waals surface area contributed by atoms with E-state index in [0.29, 0.717) is 5.69 Å². The first-order valence-electron chi connectivity index (χ1n) is 6.41. The summed E-state index contributed by atoms with van der Waals surface area (Å²) in [6.45, 7) is 1.86. The van der Waals surface area contributed by atoms with Crippen molar-refractivity contribution >= 4 is 27.3 Å². The van der Waals surface area contributed by atoms with Crippen LogP contribution in [0.4, 0.5) is 5.69 Å². The van der Waals surface area contributed by atoms with Crippen LogP contribution in [0.25, 0.3) is 0 Å². The second kappa shape index (κ2) is 6.37. The third kappa shape index (κ3) is 4.37. The van der Waals surface area contributed by atoms with Crippen LogP contribution in [0.3, 0.4) is 0 Å². The lowest BCUT2D eigenvalue weighted by Gasteiger charge is -2.14. The Hall–Kier alpha value is -1.72. The Morgan fingerprint density at radius 1 is 1.19 bits per heavy atom. The van der Waals surface area contributed by atoms with Gasteiger partial charge >= 0.3 is 0 Å². The predicted octanol–water partition coefficient (Wildman–Crippen LogP) is 3.59. The molecule has 0 aromatic heterocycles. The molecule has 0 saturated heterocycles. The van der Waals surface area contributed by atoms with Gasteiger partial charge < -0.3 is 5.11 Å². The lowest BCUT2D eigenvalue weighted by atomic mass is 10.0. The van der Waals surface area contributed by atoms with Gasteiger partial charge in [-0.25, -0.2) is 8.42 Å². The van der Waals surface area contributed by atoms with Crippen molar-refractivity contribution in [2.45, 2.75) is 12.8 Å². The maximum absolute atomic E-state index is 12.2. The Morgan fingerprint density at radius 2 is 1.86 bits per heavy atom. The molecule has 0 radical (unpaired) electrons. The minimum atomic E-state index is -3.50. The zero-order valence-corrected chi connectivity index (χ0v) is 13.0. The van der Waals surface area contributed by atoms with Crippen molar-refractivity contribution in [1.82, 2.24) is 0 Å². The number of phenols is 1. The number of halogens is 1. The fraction of sp³-hybridized carbons (Fsp3) is 0.200. The van der Waals surface area contributed by atoms with Crippen molar-refractivity contribution in [1.29, 1.82) is 0 Å². The largest absolute Gasteiger partial charge is 0.506 e. The molecule has 1 atom stereocenters. The van der Waals surface area contributed by atoms with Crippen LogP contribution in [0.1, 0.15) is 18.4 Å². The number of hydrogen-bond acceptors (Lipinski definition) is 3. The van der Waals surface area contributed by atoms with Crippen LogP contribution in [0.15, 0.2) is 48.5 Å². The smallest absolute Gasteiger partial charge is 0.233 e. The van der Waals surface area contributed by atoms with E-state index in [-0.39, 0.29) is 22.4 Å². The summed E-state index contributed by atoms with van der Waals surface area (Å²) in [6, 6.07) is 13.6. The molecule has 2 aromatic carbocycles. The number of aromatic hydroxyl groups is 1. The van der Waals surface area contributed by atoms with Gasteiger partial charge in [0, 0.05) is 0 Å². The van der Waals surface area contributed by atoms with E-state index in [1.165, 1.54) is 18.2 Å². The van der Waals surface area contributed by atoms with Gasteiger partial charge in [-0.2, -0.15) is 0 Å². The number of nitrogens with one attached hydrogen (secondary N) is 1. The van der Waals surface area contributed by atoms with Crippen molar-refractivity contribution in [3.05, 3.63) is 59.1 Å². The second-order valence-electron chi connectivity index (χ2n) is 4.86. The Bertz CT molecular complexity index is 717. The van der Waals surface area contributed by atoms with E-state index in [0.717, 1.165) is 5.56 Å². The molecule has 4 nitrogen and oxygen atoms in total. The molecule has 0 aliphatic carbocycles. The number of hydrogen-bond donors (Lipinski definition) is 2. The highest BCUT2D eigenvalue weighted by Gasteiger charge is 2.17. The van der Waals surface area contributed by atoms with E-state index in [2.05, 4.69) is 4.72 Å². The maximum Gasteiger partial charge on any atom is 0.233 e. The molecule has 0 heterocycles. The Balaban J connectivity index is 2.10. The molecule has 1 unspecified atom stereocenters. The zero-order chi connectivity index (χ0) is 15.5. The summed E-state index contributed by atoms with van der Waals surface area (Å²) in [5.41, 5.74) is 1.30. The van der Waals surface area contributed by atoms with Gasteiger partial charge in [-0.1, -0.05) is 48.9 Å². The van der Waals surface area contributed by atoms with Gasteiger partial charge in [0.15, 0.2) is 0 Å². The average Bonchev–Trinajstić information content (AvgIpc) is 2.43. The van der Waals surface area contributed by atoms with E-state index in [1.54, 1.807) is 0 Å². The molecule has 21 heavy (non-hydrogen) atoms. The van der Waals surface area contributed by atoms with Crippen LogP contribution in [-0.2, 0) is 10.0 Å². The lowest BCUT2D eigenvalue weighted by molar-refractivity contribution is 0.475. The van der Waals surface area contributed by atoms with Crippen LogP contribution in [0.5, 0.6) is 5.75 Å². The maximum atomic E-state index is 12.2. The van der Waals surface area contributed by atoms with Gasteiger partial charge in [-0.15, -0.1) is 0 Å². The number of rotatable bonds is 5. The molecule has 2 N–H and O–H groups in total. The van der Waals surface area contributed by atoms with Crippen molar-refractivity contribution in [2.75, 3.05) is 10.5 Å². The Kier molecular flexibility index (Phi) is 4.75. The predicted molar refractivity (Wildman–Crippen MR) is 85.4 cm³/mol. The molecule has 2 rings (SSSR count). The molecule has 0 spiro atoms. The summed E-state index contributed by atoms with van der Waals surface area (Å²) in [4.78, 5) is 0. The Morgan fingerprint density at radius 3 is 2.48 bits per heavy atom. The monoisotopic (exact) mass is 325 g/mol.